The van der Waals surface area contributed by atoms with E-state index in [2.05, 4.69) is 20.8 Å². The maximum Gasteiger partial charge on any atom is 0.303 e. The second-order valence-electron chi connectivity index (χ2n) is 5.05. The first-order valence-corrected chi connectivity index (χ1v) is 7.60. The third-order valence-electron chi connectivity index (χ3n) is 3.58. The van der Waals surface area contributed by atoms with Crippen molar-refractivity contribution in [1.29, 1.82) is 0 Å². The highest BCUT2D eigenvalue weighted by Crippen LogP contribution is 2.26. The number of likely N-dealkylation sites (tertiary alicyclic amines) is 1. The van der Waals surface area contributed by atoms with Gasteiger partial charge in [-0.2, -0.15) is 0 Å². The molecule has 1 heterocycles. The van der Waals surface area contributed by atoms with E-state index in [4.69, 9.17) is 16.7 Å². The molecule has 0 atom stereocenters. The molecule has 1 saturated heterocycles. The summed E-state index contributed by atoms with van der Waals surface area (Å²) in [5.74, 6) is -0.358. The highest BCUT2D eigenvalue weighted by molar-refractivity contribution is 9.10. The molecule has 0 amide bonds. The zero-order chi connectivity index (χ0) is 13.8. The SMILES string of the molecule is O=C(O)CC1CCN(Cc2ccc(Br)cc2Cl)CC1. The Balaban J connectivity index is 1.87. The number of aliphatic carboxylic acids is 1. The summed E-state index contributed by atoms with van der Waals surface area (Å²) in [6.45, 7) is 2.74. The summed E-state index contributed by atoms with van der Waals surface area (Å²) in [5, 5.41) is 9.57. The van der Waals surface area contributed by atoms with Crippen LogP contribution in [-0.4, -0.2) is 29.1 Å². The van der Waals surface area contributed by atoms with E-state index in [9.17, 15) is 4.79 Å². The molecule has 5 heteroatoms. The van der Waals surface area contributed by atoms with E-state index in [-0.39, 0.29) is 0 Å². The Hall–Kier alpha value is -0.580. The van der Waals surface area contributed by atoms with E-state index in [0.29, 0.717) is 12.3 Å². The number of carbonyl (C=O) groups is 1. The van der Waals surface area contributed by atoms with Gasteiger partial charge in [0, 0.05) is 22.5 Å². The molecule has 0 unspecified atom stereocenters. The molecule has 1 fully saturated rings. The van der Waals surface area contributed by atoms with Gasteiger partial charge in [-0.25, -0.2) is 0 Å². The Bertz CT molecular complexity index is 459. The second-order valence-corrected chi connectivity index (χ2v) is 6.38. The van der Waals surface area contributed by atoms with Crippen LogP contribution in [0.25, 0.3) is 0 Å². The highest BCUT2D eigenvalue weighted by Gasteiger charge is 2.21. The van der Waals surface area contributed by atoms with Crippen molar-refractivity contribution in [3.8, 4) is 0 Å². The van der Waals surface area contributed by atoms with Crippen molar-refractivity contribution >= 4 is 33.5 Å². The molecule has 0 spiro atoms. The van der Waals surface area contributed by atoms with Crippen LogP contribution < -0.4 is 0 Å². The van der Waals surface area contributed by atoms with Crippen LogP contribution in [0.5, 0.6) is 0 Å². The maximum absolute atomic E-state index is 10.7. The first-order chi connectivity index (χ1) is 9.04. The van der Waals surface area contributed by atoms with Gasteiger partial charge >= 0.3 is 5.97 Å². The lowest BCUT2D eigenvalue weighted by Crippen LogP contribution is -2.34. The molecule has 19 heavy (non-hydrogen) atoms. The molecule has 0 radical (unpaired) electrons. The topological polar surface area (TPSA) is 40.5 Å². The van der Waals surface area contributed by atoms with E-state index >= 15 is 0 Å². The fourth-order valence-electron chi connectivity index (χ4n) is 2.49. The number of nitrogens with zero attached hydrogens (tertiary/aromatic N) is 1. The maximum atomic E-state index is 10.7. The number of benzene rings is 1. The van der Waals surface area contributed by atoms with Crippen LogP contribution in [0.3, 0.4) is 0 Å². The smallest absolute Gasteiger partial charge is 0.303 e. The Kier molecular flexibility index (Phi) is 5.25. The Morgan fingerprint density at radius 2 is 2.11 bits per heavy atom. The van der Waals surface area contributed by atoms with Crippen molar-refractivity contribution in [2.75, 3.05) is 13.1 Å². The zero-order valence-corrected chi connectivity index (χ0v) is 13.0. The molecule has 0 saturated carbocycles. The minimum absolute atomic E-state index is 0.298. The number of carboxylic acids is 1. The lowest BCUT2D eigenvalue weighted by molar-refractivity contribution is -0.138. The summed E-state index contributed by atoms with van der Waals surface area (Å²) < 4.78 is 0.987. The number of hydrogen-bond donors (Lipinski definition) is 1. The van der Waals surface area contributed by atoms with Gasteiger partial charge in [0.2, 0.25) is 0 Å². The first kappa shape index (κ1) is 14.8. The Morgan fingerprint density at radius 1 is 1.42 bits per heavy atom. The van der Waals surface area contributed by atoms with Crippen LogP contribution in [0, 0.1) is 5.92 Å². The molecule has 1 aromatic carbocycles. The number of carboxylic acid groups (broad SMARTS) is 1. The van der Waals surface area contributed by atoms with Gasteiger partial charge in [-0.3, -0.25) is 9.69 Å². The van der Waals surface area contributed by atoms with Crippen LogP contribution in [0.1, 0.15) is 24.8 Å². The Morgan fingerprint density at radius 3 is 2.68 bits per heavy atom. The standard InChI is InChI=1S/C14H17BrClNO2/c15-12-2-1-11(13(16)8-12)9-17-5-3-10(4-6-17)7-14(18)19/h1-2,8,10H,3-7,9H2,(H,18,19). The fourth-order valence-corrected chi connectivity index (χ4v) is 3.22. The minimum atomic E-state index is -0.686. The molecule has 1 N–H and O–H groups in total. The van der Waals surface area contributed by atoms with Crippen molar-refractivity contribution < 1.29 is 9.90 Å². The normalized spacial score (nSPS) is 17.6. The van der Waals surface area contributed by atoms with Gasteiger partial charge in [-0.1, -0.05) is 33.6 Å². The third kappa shape index (κ3) is 4.48. The van der Waals surface area contributed by atoms with Crippen molar-refractivity contribution in [2.24, 2.45) is 5.92 Å². The predicted molar refractivity (Wildman–Crippen MR) is 79.4 cm³/mol. The molecule has 1 aliphatic heterocycles. The molecule has 3 nitrogen and oxygen atoms in total. The van der Waals surface area contributed by atoms with Crippen LogP contribution in [0.4, 0.5) is 0 Å². The van der Waals surface area contributed by atoms with Gasteiger partial charge in [0.05, 0.1) is 0 Å². The molecule has 0 aromatic heterocycles. The summed E-state index contributed by atoms with van der Waals surface area (Å²) in [6.07, 6.45) is 2.22. The number of hydrogen-bond acceptors (Lipinski definition) is 2. The molecule has 0 aliphatic carbocycles. The average molecular weight is 347 g/mol. The van der Waals surface area contributed by atoms with Crippen molar-refractivity contribution in [1.82, 2.24) is 4.90 Å². The molecule has 2 rings (SSSR count). The first-order valence-electron chi connectivity index (χ1n) is 6.42. The predicted octanol–water partition coefficient (Wildman–Crippen LogP) is 3.79. The second kappa shape index (κ2) is 6.73. The monoisotopic (exact) mass is 345 g/mol. The summed E-state index contributed by atoms with van der Waals surface area (Å²) in [5.41, 5.74) is 1.13. The lowest BCUT2D eigenvalue weighted by Gasteiger charge is -2.31. The van der Waals surface area contributed by atoms with Gasteiger partial charge in [0.25, 0.3) is 0 Å². The fraction of sp³-hybridized carbons (Fsp3) is 0.500. The van der Waals surface area contributed by atoms with Gasteiger partial charge in [-0.15, -0.1) is 0 Å². The number of piperidine rings is 1. The zero-order valence-electron chi connectivity index (χ0n) is 10.6. The van der Waals surface area contributed by atoms with Crippen molar-refractivity contribution in [3.63, 3.8) is 0 Å². The quantitative estimate of drug-likeness (QED) is 0.902. The van der Waals surface area contributed by atoms with E-state index in [1.165, 1.54) is 0 Å². The molecular weight excluding hydrogens is 330 g/mol. The lowest BCUT2D eigenvalue weighted by atomic mass is 9.93. The Labute approximate surface area is 126 Å². The van der Waals surface area contributed by atoms with Crippen LogP contribution >= 0.6 is 27.5 Å². The summed E-state index contributed by atoms with van der Waals surface area (Å²) in [7, 11) is 0. The number of halogens is 2. The molecule has 0 bridgehead atoms. The average Bonchev–Trinajstić information content (AvgIpc) is 2.34. The van der Waals surface area contributed by atoms with Crippen LogP contribution in [0.15, 0.2) is 22.7 Å². The molecule has 1 aromatic rings. The van der Waals surface area contributed by atoms with Gasteiger partial charge in [0.1, 0.15) is 0 Å². The molecular formula is C14H17BrClNO2. The minimum Gasteiger partial charge on any atom is -0.481 e. The molecule has 104 valence electrons. The van der Waals surface area contributed by atoms with Gasteiger partial charge < -0.3 is 5.11 Å². The van der Waals surface area contributed by atoms with Crippen LogP contribution in [-0.2, 0) is 11.3 Å². The van der Waals surface area contributed by atoms with Gasteiger partial charge in [-0.05, 0) is 49.5 Å². The summed E-state index contributed by atoms with van der Waals surface area (Å²) >= 11 is 9.61. The van der Waals surface area contributed by atoms with E-state index in [1.54, 1.807) is 0 Å². The van der Waals surface area contributed by atoms with Crippen molar-refractivity contribution in [3.05, 3.63) is 33.3 Å². The van der Waals surface area contributed by atoms with E-state index < -0.39 is 5.97 Å². The summed E-state index contributed by atoms with van der Waals surface area (Å²) in [6, 6.07) is 5.95. The number of rotatable bonds is 4. The van der Waals surface area contributed by atoms with Crippen molar-refractivity contribution in [2.45, 2.75) is 25.8 Å². The van der Waals surface area contributed by atoms with E-state index in [1.807, 2.05) is 18.2 Å². The molecule has 1 aliphatic rings. The van der Waals surface area contributed by atoms with E-state index in [0.717, 1.165) is 47.5 Å². The van der Waals surface area contributed by atoms with Crippen LogP contribution in [0.2, 0.25) is 5.02 Å². The summed E-state index contributed by atoms with van der Waals surface area (Å²) in [4.78, 5) is 13.0. The largest absolute Gasteiger partial charge is 0.481 e. The highest BCUT2D eigenvalue weighted by atomic mass is 79.9. The third-order valence-corrected chi connectivity index (χ3v) is 4.42. The van der Waals surface area contributed by atoms with Gasteiger partial charge in [0.15, 0.2) is 0 Å².